The molecule has 1 unspecified atom stereocenters. The van der Waals surface area contributed by atoms with Gasteiger partial charge < -0.3 is 11.1 Å². The third-order valence-electron chi connectivity index (χ3n) is 2.78. The van der Waals surface area contributed by atoms with Crippen LogP contribution in [-0.4, -0.2) is 28.1 Å². The van der Waals surface area contributed by atoms with Crippen molar-refractivity contribution in [2.75, 3.05) is 6.54 Å². The lowest BCUT2D eigenvalue weighted by atomic mass is 10.2. The minimum Gasteiger partial charge on any atom is -0.348 e. The van der Waals surface area contributed by atoms with E-state index in [1.165, 1.54) is 0 Å². The van der Waals surface area contributed by atoms with E-state index in [1.807, 2.05) is 31.3 Å². The number of aromatic nitrogens is 2. The normalized spacial score (nSPS) is 12.6. The van der Waals surface area contributed by atoms with Crippen LogP contribution in [0.1, 0.15) is 23.7 Å². The van der Waals surface area contributed by atoms with Crippen molar-refractivity contribution < 1.29 is 4.79 Å². The average molecular weight is 232 g/mol. The predicted molar refractivity (Wildman–Crippen MR) is 65.8 cm³/mol. The van der Waals surface area contributed by atoms with E-state index in [0.717, 1.165) is 11.9 Å². The Morgan fingerprint density at radius 1 is 1.59 bits per heavy atom. The van der Waals surface area contributed by atoms with E-state index in [1.54, 1.807) is 10.7 Å². The van der Waals surface area contributed by atoms with Gasteiger partial charge in [-0.15, -0.1) is 0 Å². The minimum atomic E-state index is -0.122. The Balaban J connectivity index is 2.25. The van der Waals surface area contributed by atoms with Crippen LogP contribution in [0.4, 0.5) is 0 Å². The summed E-state index contributed by atoms with van der Waals surface area (Å²) in [5, 5.41) is 7.02. The van der Waals surface area contributed by atoms with Crippen molar-refractivity contribution in [3.05, 3.63) is 36.2 Å². The monoisotopic (exact) mass is 232 g/mol. The summed E-state index contributed by atoms with van der Waals surface area (Å²) in [5.41, 5.74) is 6.95. The summed E-state index contributed by atoms with van der Waals surface area (Å²) in [7, 11) is 0. The first-order valence-corrected chi connectivity index (χ1v) is 5.69. The van der Waals surface area contributed by atoms with Crippen LogP contribution in [-0.2, 0) is 0 Å². The highest BCUT2D eigenvalue weighted by Crippen LogP contribution is 2.09. The number of hydrogen-bond acceptors (Lipinski definition) is 3. The van der Waals surface area contributed by atoms with E-state index >= 15 is 0 Å². The summed E-state index contributed by atoms with van der Waals surface area (Å²) >= 11 is 0. The van der Waals surface area contributed by atoms with Gasteiger partial charge in [-0.05, 0) is 18.6 Å². The predicted octanol–water partition coefficient (Wildman–Crippen LogP) is 0.801. The molecule has 0 aliphatic heterocycles. The van der Waals surface area contributed by atoms with Gasteiger partial charge in [0.05, 0.1) is 17.3 Å². The molecule has 2 aromatic heterocycles. The fraction of sp³-hybridized carbons (Fsp3) is 0.333. The average Bonchev–Trinajstić information content (AvgIpc) is 2.79. The van der Waals surface area contributed by atoms with Gasteiger partial charge in [0.15, 0.2) is 0 Å². The molecule has 17 heavy (non-hydrogen) atoms. The second-order valence-corrected chi connectivity index (χ2v) is 3.90. The summed E-state index contributed by atoms with van der Waals surface area (Å²) in [5.74, 6) is -0.122. The number of fused-ring (bicyclic) bond motifs is 1. The minimum absolute atomic E-state index is 0.0150. The number of nitrogens with one attached hydrogen (secondary N) is 1. The van der Waals surface area contributed by atoms with E-state index < -0.39 is 0 Å². The Morgan fingerprint density at radius 2 is 2.41 bits per heavy atom. The zero-order chi connectivity index (χ0) is 12.3. The van der Waals surface area contributed by atoms with Gasteiger partial charge in [0.2, 0.25) is 0 Å². The van der Waals surface area contributed by atoms with E-state index in [0.29, 0.717) is 12.1 Å². The number of nitrogens with two attached hydrogens (primary N) is 1. The second-order valence-electron chi connectivity index (χ2n) is 3.90. The van der Waals surface area contributed by atoms with Crippen molar-refractivity contribution in [1.29, 1.82) is 0 Å². The summed E-state index contributed by atoms with van der Waals surface area (Å²) in [6, 6.07) is 5.64. The van der Waals surface area contributed by atoms with Crippen LogP contribution in [0.15, 0.2) is 30.6 Å². The number of carbonyl (C=O) groups is 1. The molecule has 5 nitrogen and oxygen atoms in total. The molecule has 0 aliphatic rings. The van der Waals surface area contributed by atoms with Crippen LogP contribution >= 0.6 is 0 Å². The number of pyridine rings is 1. The van der Waals surface area contributed by atoms with E-state index in [-0.39, 0.29) is 11.9 Å². The zero-order valence-electron chi connectivity index (χ0n) is 9.76. The highest BCUT2D eigenvalue weighted by atomic mass is 16.1. The number of nitrogens with zero attached hydrogens (tertiary/aromatic N) is 2. The van der Waals surface area contributed by atoms with Crippen molar-refractivity contribution in [1.82, 2.24) is 14.9 Å². The molecule has 0 saturated carbocycles. The molecule has 5 heteroatoms. The summed E-state index contributed by atoms with van der Waals surface area (Å²) < 4.78 is 1.68. The van der Waals surface area contributed by atoms with Crippen molar-refractivity contribution >= 4 is 11.4 Å². The van der Waals surface area contributed by atoms with Crippen LogP contribution in [0.3, 0.4) is 0 Å². The maximum absolute atomic E-state index is 12.0. The lowest BCUT2D eigenvalue weighted by Gasteiger charge is -2.13. The molecule has 0 bridgehead atoms. The Bertz CT molecular complexity index is 516. The molecule has 0 fully saturated rings. The van der Waals surface area contributed by atoms with Crippen molar-refractivity contribution in [2.24, 2.45) is 5.73 Å². The first-order chi connectivity index (χ1) is 8.26. The smallest absolute Gasteiger partial charge is 0.255 e. The van der Waals surface area contributed by atoms with Gasteiger partial charge in [-0.1, -0.05) is 13.0 Å². The van der Waals surface area contributed by atoms with Crippen LogP contribution in [0, 0.1) is 0 Å². The SMILES string of the molecule is CCC(CN)NC(=O)c1cnn2ccccc12. The molecule has 90 valence electrons. The first kappa shape index (κ1) is 11.6. The third-order valence-corrected chi connectivity index (χ3v) is 2.78. The molecule has 2 aromatic rings. The Morgan fingerprint density at radius 3 is 3.12 bits per heavy atom. The fourth-order valence-electron chi connectivity index (χ4n) is 1.70. The first-order valence-electron chi connectivity index (χ1n) is 5.69. The zero-order valence-corrected chi connectivity index (χ0v) is 9.76. The van der Waals surface area contributed by atoms with Gasteiger partial charge in [0.1, 0.15) is 0 Å². The highest BCUT2D eigenvalue weighted by molar-refractivity contribution is 6.00. The van der Waals surface area contributed by atoms with Gasteiger partial charge in [0.25, 0.3) is 5.91 Å². The molecular formula is C12H16N4O. The van der Waals surface area contributed by atoms with Gasteiger partial charge in [-0.2, -0.15) is 5.10 Å². The summed E-state index contributed by atoms with van der Waals surface area (Å²) in [4.78, 5) is 12.0. The highest BCUT2D eigenvalue weighted by Gasteiger charge is 2.14. The van der Waals surface area contributed by atoms with Gasteiger partial charge in [0, 0.05) is 18.8 Å². The van der Waals surface area contributed by atoms with E-state index in [9.17, 15) is 4.79 Å². The maximum Gasteiger partial charge on any atom is 0.255 e. The third kappa shape index (κ3) is 2.29. The van der Waals surface area contributed by atoms with Gasteiger partial charge in [-0.25, -0.2) is 4.52 Å². The quantitative estimate of drug-likeness (QED) is 0.819. The largest absolute Gasteiger partial charge is 0.348 e. The lowest BCUT2D eigenvalue weighted by Crippen LogP contribution is -2.39. The number of hydrogen-bond donors (Lipinski definition) is 2. The Kier molecular flexibility index (Phi) is 3.39. The van der Waals surface area contributed by atoms with Gasteiger partial charge in [-0.3, -0.25) is 4.79 Å². The molecule has 0 saturated heterocycles. The molecule has 1 amide bonds. The molecule has 0 aliphatic carbocycles. The molecule has 2 rings (SSSR count). The fourth-order valence-corrected chi connectivity index (χ4v) is 1.70. The molecule has 0 aromatic carbocycles. The number of rotatable bonds is 4. The van der Waals surface area contributed by atoms with Crippen LogP contribution < -0.4 is 11.1 Å². The van der Waals surface area contributed by atoms with Crippen LogP contribution in [0.2, 0.25) is 0 Å². The number of carbonyl (C=O) groups excluding carboxylic acids is 1. The summed E-state index contributed by atoms with van der Waals surface area (Å²) in [6.45, 7) is 2.44. The Hall–Kier alpha value is -1.88. The van der Waals surface area contributed by atoms with Crippen molar-refractivity contribution in [2.45, 2.75) is 19.4 Å². The number of amides is 1. The molecule has 2 heterocycles. The van der Waals surface area contributed by atoms with Crippen LogP contribution in [0.25, 0.3) is 5.52 Å². The molecule has 0 radical (unpaired) electrons. The Labute approximate surface area is 99.6 Å². The summed E-state index contributed by atoms with van der Waals surface area (Å²) in [6.07, 6.45) is 4.21. The maximum atomic E-state index is 12.0. The second kappa shape index (κ2) is 4.97. The van der Waals surface area contributed by atoms with Crippen molar-refractivity contribution in [3.63, 3.8) is 0 Å². The van der Waals surface area contributed by atoms with E-state index in [2.05, 4.69) is 10.4 Å². The van der Waals surface area contributed by atoms with Crippen molar-refractivity contribution in [3.8, 4) is 0 Å². The molecule has 3 N–H and O–H groups in total. The standard InChI is InChI=1S/C12H16N4O/c1-2-9(7-13)15-12(17)10-8-14-16-6-4-3-5-11(10)16/h3-6,8-9H,2,7,13H2,1H3,(H,15,17). The topological polar surface area (TPSA) is 72.4 Å². The molecular weight excluding hydrogens is 216 g/mol. The van der Waals surface area contributed by atoms with E-state index in [4.69, 9.17) is 5.73 Å². The molecule has 0 spiro atoms. The lowest BCUT2D eigenvalue weighted by molar-refractivity contribution is 0.0939. The molecule has 1 atom stereocenters. The van der Waals surface area contributed by atoms with Gasteiger partial charge >= 0.3 is 0 Å². The van der Waals surface area contributed by atoms with Crippen LogP contribution in [0.5, 0.6) is 0 Å².